The summed E-state index contributed by atoms with van der Waals surface area (Å²) in [5.74, 6) is 1.79. The lowest BCUT2D eigenvalue weighted by Crippen LogP contribution is -2.03. The molecule has 5 heteroatoms. The zero-order chi connectivity index (χ0) is 12.4. The number of rotatable bonds is 3. The van der Waals surface area contributed by atoms with Gasteiger partial charge in [0.1, 0.15) is 5.82 Å². The first-order valence-electron chi connectivity index (χ1n) is 5.58. The van der Waals surface area contributed by atoms with E-state index in [1.165, 1.54) is 0 Å². The van der Waals surface area contributed by atoms with Crippen LogP contribution in [0.5, 0.6) is 0 Å². The van der Waals surface area contributed by atoms with Gasteiger partial charge in [-0.1, -0.05) is 6.92 Å². The summed E-state index contributed by atoms with van der Waals surface area (Å²) in [4.78, 5) is 0. The summed E-state index contributed by atoms with van der Waals surface area (Å²) in [5.41, 5.74) is 7.72. The first kappa shape index (κ1) is 12.3. The van der Waals surface area contributed by atoms with E-state index in [2.05, 4.69) is 44.3 Å². The molecule has 1 aromatic carbocycles. The molecule has 0 aliphatic rings. The Morgan fingerprint density at radius 1 is 1.35 bits per heavy atom. The minimum absolute atomic E-state index is 0.746. The van der Waals surface area contributed by atoms with Crippen molar-refractivity contribution in [1.82, 2.24) is 14.8 Å². The summed E-state index contributed by atoms with van der Waals surface area (Å²) in [6.45, 7) is 5.02. The van der Waals surface area contributed by atoms with Gasteiger partial charge in [-0.25, -0.2) is 0 Å². The molecule has 1 heterocycles. The third-order valence-electron chi connectivity index (χ3n) is 2.64. The first-order chi connectivity index (χ1) is 8.13. The fourth-order valence-corrected chi connectivity index (χ4v) is 2.28. The van der Waals surface area contributed by atoms with Crippen LogP contribution in [0.15, 0.2) is 18.2 Å². The van der Waals surface area contributed by atoms with Crippen molar-refractivity contribution in [3.63, 3.8) is 0 Å². The normalized spacial score (nSPS) is 10.8. The molecule has 0 spiro atoms. The zero-order valence-corrected chi connectivity index (χ0v) is 12.1. The smallest absolute Gasteiger partial charge is 0.166 e. The Morgan fingerprint density at radius 2 is 2.12 bits per heavy atom. The van der Waals surface area contributed by atoms with Gasteiger partial charge in [0.05, 0.1) is 0 Å². The molecule has 2 aromatic rings. The summed E-state index contributed by atoms with van der Waals surface area (Å²) < 4.78 is 3.26. The molecule has 0 bridgehead atoms. The van der Waals surface area contributed by atoms with Crippen molar-refractivity contribution in [2.24, 2.45) is 0 Å². The van der Waals surface area contributed by atoms with Crippen LogP contribution in [0.3, 0.4) is 0 Å². The SMILES string of the molecule is CCCn1c(C)nnc1-c1cc(I)ccc1N. The van der Waals surface area contributed by atoms with E-state index in [1.807, 2.05) is 25.1 Å². The minimum atomic E-state index is 0.746. The van der Waals surface area contributed by atoms with Gasteiger partial charge in [0, 0.05) is 21.4 Å². The van der Waals surface area contributed by atoms with Crippen molar-refractivity contribution in [3.05, 3.63) is 27.6 Å². The highest BCUT2D eigenvalue weighted by molar-refractivity contribution is 14.1. The molecule has 0 saturated carbocycles. The van der Waals surface area contributed by atoms with Gasteiger partial charge in [-0.15, -0.1) is 10.2 Å². The van der Waals surface area contributed by atoms with E-state index in [1.54, 1.807) is 0 Å². The summed E-state index contributed by atoms with van der Waals surface area (Å²) in [6.07, 6.45) is 1.05. The second-order valence-electron chi connectivity index (χ2n) is 3.95. The molecule has 0 aliphatic heterocycles. The van der Waals surface area contributed by atoms with Crippen molar-refractivity contribution in [2.75, 3.05) is 5.73 Å². The molecule has 17 heavy (non-hydrogen) atoms. The van der Waals surface area contributed by atoms with E-state index < -0.39 is 0 Å². The predicted octanol–water partition coefficient (Wildman–Crippen LogP) is 2.85. The molecule has 0 aliphatic carbocycles. The quantitative estimate of drug-likeness (QED) is 0.689. The van der Waals surface area contributed by atoms with Crippen LogP contribution in [0.1, 0.15) is 19.2 Å². The van der Waals surface area contributed by atoms with Crippen molar-refractivity contribution in [1.29, 1.82) is 0 Å². The largest absolute Gasteiger partial charge is 0.398 e. The number of anilines is 1. The van der Waals surface area contributed by atoms with Crippen molar-refractivity contribution < 1.29 is 0 Å². The van der Waals surface area contributed by atoms with Crippen molar-refractivity contribution in [2.45, 2.75) is 26.8 Å². The lowest BCUT2D eigenvalue weighted by atomic mass is 10.1. The van der Waals surface area contributed by atoms with Gasteiger partial charge in [-0.05, 0) is 54.1 Å². The lowest BCUT2D eigenvalue weighted by molar-refractivity contribution is 0.663. The van der Waals surface area contributed by atoms with Crippen LogP contribution in [0.2, 0.25) is 0 Å². The number of nitrogen functional groups attached to an aromatic ring is 1. The minimum Gasteiger partial charge on any atom is -0.398 e. The number of hydrogen-bond donors (Lipinski definition) is 1. The van der Waals surface area contributed by atoms with Crippen LogP contribution in [0.25, 0.3) is 11.4 Å². The molecule has 0 atom stereocenters. The average molecular weight is 342 g/mol. The van der Waals surface area contributed by atoms with E-state index in [9.17, 15) is 0 Å². The molecular formula is C12H15IN4. The van der Waals surface area contributed by atoms with Gasteiger partial charge in [0.15, 0.2) is 5.82 Å². The molecular weight excluding hydrogens is 327 g/mol. The molecule has 1 aromatic heterocycles. The van der Waals surface area contributed by atoms with Crippen molar-refractivity contribution in [3.8, 4) is 11.4 Å². The Hall–Kier alpha value is -1.11. The zero-order valence-electron chi connectivity index (χ0n) is 9.94. The van der Waals surface area contributed by atoms with Crippen LogP contribution in [-0.2, 0) is 6.54 Å². The lowest BCUT2D eigenvalue weighted by Gasteiger charge is -2.09. The molecule has 0 amide bonds. The van der Waals surface area contributed by atoms with E-state index in [0.29, 0.717) is 0 Å². The number of aryl methyl sites for hydroxylation is 1. The monoisotopic (exact) mass is 342 g/mol. The van der Waals surface area contributed by atoms with E-state index in [4.69, 9.17) is 5.73 Å². The second kappa shape index (κ2) is 5.03. The Labute approximate surface area is 114 Å². The second-order valence-corrected chi connectivity index (χ2v) is 5.20. The van der Waals surface area contributed by atoms with Gasteiger partial charge >= 0.3 is 0 Å². The van der Waals surface area contributed by atoms with Gasteiger partial charge in [0.25, 0.3) is 0 Å². The van der Waals surface area contributed by atoms with E-state index in [0.717, 1.165) is 39.4 Å². The molecule has 90 valence electrons. The average Bonchev–Trinajstić information content (AvgIpc) is 2.65. The van der Waals surface area contributed by atoms with Gasteiger partial charge < -0.3 is 10.3 Å². The van der Waals surface area contributed by atoms with E-state index >= 15 is 0 Å². The maximum Gasteiger partial charge on any atom is 0.166 e. The number of benzene rings is 1. The summed E-state index contributed by atoms with van der Waals surface area (Å²) in [7, 11) is 0. The standard InChI is InChI=1S/C12H15IN4/c1-3-6-17-8(2)15-16-12(17)10-7-9(13)4-5-11(10)14/h4-5,7H,3,6,14H2,1-2H3. The molecule has 2 N–H and O–H groups in total. The van der Waals surface area contributed by atoms with Gasteiger partial charge in [-0.2, -0.15) is 0 Å². The Morgan fingerprint density at radius 3 is 2.82 bits per heavy atom. The fraction of sp³-hybridized carbons (Fsp3) is 0.333. The van der Waals surface area contributed by atoms with Crippen molar-refractivity contribution >= 4 is 28.3 Å². The molecule has 0 saturated heterocycles. The van der Waals surface area contributed by atoms with Crippen LogP contribution in [-0.4, -0.2) is 14.8 Å². The van der Waals surface area contributed by atoms with Crippen LogP contribution >= 0.6 is 22.6 Å². The van der Waals surface area contributed by atoms with Crippen LogP contribution in [0.4, 0.5) is 5.69 Å². The summed E-state index contributed by atoms with van der Waals surface area (Å²) in [5, 5.41) is 8.37. The summed E-state index contributed by atoms with van der Waals surface area (Å²) >= 11 is 2.28. The van der Waals surface area contributed by atoms with Gasteiger partial charge in [0.2, 0.25) is 0 Å². The van der Waals surface area contributed by atoms with Gasteiger partial charge in [-0.3, -0.25) is 0 Å². The predicted molar refractivity (Wildman–Crippen MR) is 77.6 cm³/mol. The molecule has 2 rings (SSSR count). The number of nitrogens with zero attached hydrogens (tertiary/aromatic N) is 3. The summed E-state index contributed by atoms with van der Waals surface area (Å²) in [6, 6.07) is 5.95. The van der Waals surface area contributed by atoms with Crippen LogP contribution < -0.4 is 5.73 Å². The first-order valence-corrected chi connectivity index (χ1v) is 6.66. The molecule has 4 nitrogen and oxygen atoms in total. The Balaban J connectivity index is 2.56. The molecule has 0 fully saturated rings. The number of nitrogens with two attached hydrogens (primary N) is 1. The number of hydrogen-bond acceptors (Lipinski definition) is 3. The highest BCUT2D eigenvalue weighted by Crippen LogP contribution is 2.26. The Bertz CT molecular complexity index is 533. The third kappa shape index (κ3) is 2.43. The maximum absolute atomic E-state index is 6.01. The number of aromatic nitrogens is 3. The molecule has 0 radical (unpaired) electrons. The Kier molecular flexibility index (Phi) is 3.66. The maximum atomic E-state index is 6.01. The number of halogens is 1. The third-order valence-corrected chi connectivity index (χ3v) is 3.31. The fourth-order valence-electron chi connectivity index (χ4n) is 1.79. The molecule has 0 unspecified atom stereocenters. The topological polar surface area (TPSA) is 56.7 Å². The van der Waals surface area contributed by atoms with E-state index in [-0.39, 0.29) is 0 Å². The highest BCUT2D eigenvalue weighted by atomic mass is 127. The van der Waals surface area contributed by atoms with Crippen LogP contribution in [0, 0.1) is 10.5 Å². The highest BCUT2D eigenvalue weighted by Gasteiger charge is 2.13.